The summed E-state index contributed by atoms with van der Waals surface area (Å²) in [7, 11) is 0. The summed E-state index contributed by atoms with van der Waals surface area (Å²) >= 11 is 0. The molecule has 1 heterocycles. The standard InChI is InChI=1S/C11H7F2NO3/c1-5-9(11(15)16)14-10(17-5)7-3-2-6(12)4-8(7)13/h2-4H,1H3,(H,15,16). The first-order valence-electron chi connectivity index (χ1n) is 4.65. The molecule has 0 saturated heterocycles. The van der Waals surface area contributed by atoms with E-state index in [4.69, 9.17) is 9.52 Å². The summed E-state index contributed by atoms with van der Waals surface area (Å²) in [5.74, 6) is -2.97. The molecule has 1 aromatic carbocycles. The van der Waals surface area contributed by atoms with E-state index in [1.165, 1.54) is 6.92 Å². The number of oxazole rings is 1. The van der Waals surface area contributed by atoms with Gasteiger partial charge in [-0.2, -0.15) is 0 Å². The molecule has 0 aliphatic heterocycles. The fraction of sp³-hybridized carbons (Fsp3) is 0.0909. The lowest BCUT2D eigenvalue weighted by Gasteiger charge is -1.97. The van der Waals surface area contributed by atoms with E-state index in [2.05, 4.69) is 4.98 Å². The number of carboxylic acid groups (broad SMARTS) is 1. The van der Waals surface area contributed by atoms with E-state index < -0.39 is 17.6 Å². The van der Waals surface area contributed by atoms with Crippen LogP contribution in [0.2, 0.25) is 0 Å². The number of carboxylic acids is 1. The minimum absolute atomic E-state index is 0.0659. The second-order valence-corrected chi connectivity index (χ2v) is 3.35. The van der Waals surface area contributed by atoms with Crippen molar-refractivity contribution in [2.75, 3.05) is 0 Å². The molecule has 0 fully saturated rings. The highest BCUT2D eigenvalue weighted by molar-refractivity contribution is 5.87. The van der Waals surface area contributed by atoms with Gasteiger partial charge < -0.3 is 9.52 Å². The Morgan fingerprint density at radius 1 is 1.41 bits per heavy atom. The number of hydrogen-bond donors (Lipinski definition) is 1. The zero-order valence-electron chi connectivity index (χ0n) is 8.70. The van der Waals surface area contributed by atoms with Gasteiger partial charge in [-0.1, -0.05) is 0 Å². The lowest BCUT2D eigenvalue weighted by Crippen LogP contribution is -1.98. The Hall–Kier alpha value is -2.24. The Labute approximate surface area is 94.5 Å². The summed E-state index contributed by atoms with van der Waals surface area (Å²) in [6.07, 6.45) is 0. The molecule has 17 heavy (non-hydrogen) atoms. The van der Waals surface area contributed by atoms with Crippen LogP contribution in [0.4, 0.5) is 8.78 Å². The Kier molecular flexibility index (Phi) is 2.63. The molecular weight excluding hydrogens is 232 g/mol. The zero-order valence-corrected chi connectivity index (χ0v) is 8.70. The van der Waals surface area contributed by atoms with E-state index in [1.54, 1.807) is 0 Å². The number of benzene rings is 1. The second kappa shape index (κ2) is 3.97. The van der Waals surface area contributed by atoms with Crippen molar-refractivity contribution < 1.29 is 23.1 Å². The number of aromatic carboxylic acids is 1. The number of halogens is 2. The normalized spacial score (nSPS) is 10.5. The van der Waals surface area contributed by atoms with Crippen LogP contribution in [0.5, 0.6) is 0 Å². The van der Waals surface area contributed by atoms with Crippen LogP contribution in [0, 0.1) is 18.6 Å². The monoisotopic (exact) mass is 239 g/mol. The van der Waals surface area contributed by atoms with Crippen molar-refractivity contribution in [3.8, 4) is 11.5 Å². The fourth-order valence-electron chi connectivity index (χ4n) is 1.37. The quantitative estimate of drug-likeness (QED) is 0.874. The SMILES string of the molecule is Cc1oc(-c2ccc(F)cc2F)nc1C(=O)O. The summed E-state index contributed by atoms with van der Waals surface area (Å²) in [5, 5.41) is 8.76. The van der Waals surface area contributed by atoms with Crippen molar-refractivity contribution >= 4 is 5.97 Å². The summed E-state index contributed by atoms with van der Waals surface area (Å²) in [4.78, 5) is 14.4. The van der Waals surface area contributed by atoms with E-state index in [9.17, 15) is 13.6 Å². The van der Waals surface area contributed by atoms with Gasteiger partial charge >= 0.3 is 5.97 Å². The molecule has 6 heteroatoms. The van der Waals surface area contributed by atoms with Crippen LogP contribution in [0.15, 0.2) is 22.6 Å². The molecule has 0 aliphatic rings. The highest BCUT2D eigenvalue weighted by Crippen LogP contribution is 2.24. The average Bonchev–Trinajstić information content (AvgIpc) is 2.60. The number of aryl methyl sites for hydroxylation is 1. The molecule has 4 nitrogen and oxygen atoms in total. The first-order chi connectivity index (χ1) is 7.99. The number of nitrogens with zero attached hydrogens (tertiary/aromatic N) is 1. The van der Waals surface area contributed by atoms with Gasteiger partial charge in [-0.25, -0.2) is 18.6 Å². The highest BCUT2D eigenvalue weighted by Gasteiger charge is 2.19. The van der Waals surface area contributed by atoms with Crippen molar-refractivity contribution in [3.05, 3.63) is 41.3 Å². The Morgan fingerprint density at radius 3 is 2.65 bits per heavy atom. The topological polar surface area (TPSA) is 63.3 Å². The van der Waals surface area contributed by atoms with Crippen molar-refractivity contribution in [1.82, 2.24) is 4.98 Å². The molecule has 2 aromatic rings. The van der Waals surface area contributed by atoms with Crippen LogP contribution in [0.1, 0.15) is 16.2 Å². The van der Waals surface area contributed by atoms with Crippen LogP contribution in [-0.2, 0) is 0 Å². The second-order valence-electron chi connectivity index (χ2n) is 3.35. The summed E-state index contributed by atoms with van der Waals surface area (Å²) in [5.41, 5.74) is -0.370. The average molecular weight is 239 g/mol. The van der Waals surface area contributed by atoms with Crippen molar-refractivity contribution in [1.29, 1.82) is 0 Å². The Balaban J connectivity index is 2.53. The molecule has 0 spiro atoms. The van der Waals surface area contributed by atoms with E-state index in [-0.39, 0.29) is 22.9 Å². The third-order valence-corrected chi connectivity index (χ3v) is 2.16. The van der Waals surface area contributed by atoms with E-state index in [0.717, 1.165) is 12.1 Å². The molecular formula is C11H7F2NO3. The summed E-state index contributed by atoms with van der Waals surface area (Å²) < 4.78 is 31.1. The largest absolute Gasteiger partial charge is 0.476 e. The molecule has 1 aromatic heterocycles. The van der Waals surface area contributed by atoms with Crippen molar-refractivity contribution in [3.63, 3.8) is 0 Å². The molecule has 2 rings (SSSR count). The number of carbonyl (C=O) groups is 1. The number of aromatic nitrogens is 1. The van der Waals surface area contributed by atoms with Gasteiger partial charge in [0.25, 0.3) is 0 Å². The summed E-state index contributed by atoms with van der Waals surface area (Å²) in [6.45, 7) is 1.40. The third-order valence-electron chi connectivity index (χ3n) is 2.16. The van der Waals surface area contributed by atoms with Crippen LogP contribution in [0.25, 0.3) is 11.5 Å². The van der Waals surface area contributed by atoms with E-state index >= 15 is 0 Å². The van der Waals surface area contributed by atoms with Gasteiger partial charge in [0.15, 0.2) is 5.69 Å². The highest BCUT2D eigenvalue weighted by atomic mass is 19.1. The molecule has 88 valence electrons. The van der Waals surface area contributed by atoms with Crippen LogP contribution in [-0.4, -0.2) is 16.1 Å². The lowest BCUT2D eigenvalue weighted by molar-refractivity contribution is 0.0689. The minimum Gasteiger partial charge on any atom is -0.476 e. The van der Waals surface area contributed by atoms with Gasteiger partial charge in [-0.15, -0.1) is 0 Å². The van der Waals surface area contributed by atoms with Gasteiger partial charge in [0.1, 0.15) is 17.4 Å². The number of hydrogen-bond acceptors (Lipinski definition) is 3. The molecule has 0 unspecified atom stereocenters. The third kappa shape index (κ3) is 2.01. The van der Waals surface area contributed by atoms with Gasteiger partial charge in [0.2, 0.25) is 5.89 Å². The smallest absolute Gasteiger partial charge is 0.358 e. The minimum atomic E-state index is -1.26. The zero-order chi connectivity index (χ0) is 12.6. The summed E-state index contributed by atoms with van der Waals surface area (Å²) in [6, 6.07) is 2.86. The molecule has 1 N–H and O–H groups in total. The lowest BCUT2D eigenvalue weighted by atomic mass is 10.2. The van der Waals surface area contributed by atoms with E-state index in [0.29, 0.717) is 6.07 Å². The maximum Gasteiger partial charge on any atom is 0.358 e. The van der Waals surface area contributed by atoms with Gasteiger partial charge in [0.05, 0.1) is 5.56 Å². The van der Waals surface area contributed by atoms with Crippen LogP contribution < -0.4 is 0 Å². The first-order valence-corrected chi connectivity index (χ1v) is 4.65. The Morgan fingerprint density at radius 2 is 2.12 bits per heavy atom. The van der Waals surface area contributed by atoms with Crippen LogP contribution >= 0.6 is 0 Å². The Bertz CT molecular complexity index is 592. The molecule has 0 aliphatic carbocycles. The van der Waals surface area contributed by atoms with E-state index in [1.807, 2.05) is 0 Å². The van der Waals surface area contributed by atoms with Gasteiger partial charge in [0, 0.05) is 6.07 Å². The number of rotatable bonds is 2. The van der Waals surface area contributed by atoms with Crippen molar-refractivity contribution in [2.24, 2.45) is 0 Å². The molecule has 0 bridgehead atoms. The molecule has 0 saturated carbocycles. The molecule has 0 atom stereocenters. The van der Waals surface area contributed by atoms with Gasteiger partial charge in [-0.3, -0.25) is 0 Å². The molecule has 0 radical (unpaired) electrons. The predicted octanol–water partition coefficient (Wildman–Crippen LogP) is 2.63. The fourth-order valence-corrected chi connectivity index (χ4v) is 1.37. The van der Waals surface area contributed by atoms with Crippen molar-refractivity contribution in [2.45, 2.75) is 6.92 Å². The first kappa shape index (κ1) is 11.3. The van der Waals surface area contributed by atoms with Crippen LogP contribution in [0.3, 0.4) is 0 Å². The molecule has 0 amide bonds. The maximum absolute atomic E-state index is 13.4. The maximum atomic E-state index is 13.4. The predicted molar refractivity (Wildman–Crippen MR) is 53.6 cm³/mol. The van der Waals surface area contributed by atoms with Gasteiger partial charge in [-0.05, 0) is 19.1 Å².